The van der Waals surface area contributed by atoms with Crippen molar-refractivity contribution >= 4 is 11.5 Å². The molecule has 2 aromatic rings. The summed E-state index contributed by atoms with van der Waals surface area (Å²) >= 11 is 0. The van der Waals surface area contributed by atoms with Crippen molar-refractivity contribution in [2.75, 3.05) is 23.7 Å². The van der Waals surface area contributed by atoms with Crippen molar-refractivity contribution in [2.24, 2.45) is 0 Å². The van der Waals surface area contributed by atoms with Gasteiger partial charge in [-0.25, -0.2) is 4.98 Å². The molecule has 1 saturated heterocycles. The monoisotopic (exact) mass is 239 g/mol. The van der Waals surface area contributed by atoms with Crippen molar-refractivity contribution < 1.29 is 0 Å². The molecule has 2 heterocycles. The van der Waals surface area contributed by atoms with Gasteiger partial charge in [-0.1, -0.05) is 30.3 Å². The number of aromatic nitrogens is 1. The molecule has 0 aliphatic carbocycles. The van der Waals surface area contributed by atoms with Crippen LogP contribution in [0.3, 0.4) is 0 Å². The molecule has 0 atom stereocenters. The van der Waals surface area contributed by atoms with Crippen LogP contribution in [-0.4, -0.2) is 18.1 Å². The van der Waals surface area contributed by atoms with E-state index in [1.165, 1.54) is 12.8 Å². The van der Waals surface area contributed by atoms with Crippen LogP contribution >= 0.6 is 0 Å². The van der Waals surface area contributed by atoms with E-state index in [-0.39, 0.29) is 0 Å². The third-order valence-electron chi connectivity index (χ3n) is 3.46. The molecule has 1 aromatic carbocycles. The van der Waals surface area contributed by atoms with Crippen molar-refractivity contribution in [1.82, 2.24) is 4.98 Å². The zero-order valence-electron chi connectivity index (χ0n) is 10.3. The molecule has 1 aromatic heterocycles. The van der Waals surface area contributed by atoms with Gasteiger partial charge in [0.05, 0.1) is 5.69 Å². The van der Waals surface area contributed by atoms with Gasteiger partial charge in [0.25, 0.3) is 0 Å². The Bertz CT molecular complexity index is 531. The molecule has 0 saturated carbocycles. The number of benzene rings is 1. The van der Waals surface area contributed by atoms with Gasteiger partial charge in [0.15, 0.2) is 5.82 Å². The first-order valence-corrected chi connectivity index (χ1v) is 6.41. The number of anilines is 2. The Morgan fingerprint density at radius 1 is 1.00 bits per heavy atom. The highest BCUT2D eigenvalue weighted by molar-refractivity contribution is 5.83. The Labute approximate surface area is 107 Å². The molecule has 0 unspecified atom stereocenters. The van der Waals surface area contributed by atoms with E-state index in [2.05, 4.69) is 22.0 Å². The number of pyridine rings is 1. The van der Waals surface area contributed by atoms with Gasteiger partial charge >= 0.3 is 0 Å². The van der Waals surface area contributed by atoms with Crippen LogP contribution in [0.25, 0.3) is 11.1 Å². The Morgan fingerprint density at radius 2 is 1.72 bits per heavy atom. The van der Waals surface area contributed by atoms with Crippen molar-refractivity contribution in [1.29, 1.82) is 0 Å². The zero-order valence-corrected chi connectivity index (χ0v) is 10.3. The number of nitrogens with two attached hydrogens (primary N) is 1. The molecule has 3 heteroatoms. The van der Waals surface area contributed by atoms with E-state index >= 15 is 0 Å². The van der Waals surface area contributed by atoms with Crippen LogP contribution in [-0.2, 0) is 0 Å². The van der Waals surface area contributed by atoms with Gasteiger partial charge < -0.3 is 10.6 Å². The highest BCUT2D eigenvalue weighted by Gasteiger charge is 2.17. The Hall–Kier alpha value is -2.03. The van der Waals surface area contributed by atoms with Crippen LogP contribution in [0.2, 0.25) is 0 Å². The lowest BCUT2D eigenvalue weighted by molar-refractivity contribution is 0.940. The molecular weight excluding hydrogens is 222 g/mol. The topological polar surface area (TPSA) is 42.1 Å². The number of nitrogens with zero attached hydrogens (tertiary/aromatic N) is 2. The maximum atomic E-state index is 6.29. The lowest BCUT2D eigenvalue weighted by Gasteiger charge is -2.20. The molecule has 1 aliphatic heterocycles. The van der Waals surface area contributed by atoms with Crippen LogP contribution in [0.15, 0.2) is 42.6 Å². The van der Waals surface area contributed by atoms with Gasteiger partial charge in [-0.3, -0.25) is 0 Å². The molecule has 0 spiro atoms. The minimum absolute atomic E-state index is 0.797. The van der Waals surface area contributed by atoms with Crippen molar-refractivity contribution in [3.63, 3.8) is 0 Å². The minimum Gasteiger partial charge on any atom is -0.395 e. The number of hydrogen-bond acceptors (Lipinski definition) is 3. The summed E-state index contributed by atoms with van der Waals surface area (Å²) in [5, 5.41) is 0. The third kappa shape index (κ3) is 1.92. The van der Waals surface area contributed by atoms with E-state index in [9.17, 15) is 0 Å². The average Bonchev–Trinajstić information content (AvgIpc) is 2.94. The minimum atomic E-state index is 0.797. The van der Waals surface area contributed by atoms with Gasteiger partial charge in [0.2, 0.25) is 0 Å². The van der Waals surface area contributed by atoms with E-state index in [1.807, 2.05) is 30.5 Å². The lowest BCUT2D eigenvalue weighted by atomic mass is 10.1. The smallest absolute Gasteiger partial charge is 0.152 e. The zero-order chi connectivity index (χ0) is 12.4. The molecule has 1 aliphatic rings. The van der Waals surface area contributed by atoms with Gasteiger partial charge in [0.1, 0.15) is 0 Å². The predicted octanol–water partition coefficient (Wildman–Crippen LogP) is 2.93. The Kier molecular flexibility index (Phi) is 2.89. The maximum Gasteiger partial charge on any atom is 0.152 e. The summed E-state index contributed by atoms with van der Waals surface area (Å²) in [6.45, 7) is 2.13. The fourth-order valence-corrected chi connectivity index (χ4v) is 2.51. The first kappa shape index (κ1) is 11.1. The van der Waals surface area contributed by atoms with E-state index in [0.717, 1.165) is 35.7 Å². The van der Waals surface area contributed by atoms with Gasteiger partial charge in [-0.05, 0) is 24.5 Å². The largest absolute Gasteiger partial charge is 0.395 e. The van der Waals surface area contributed by atoms with Crippen LogP contribution < -0.4 is 10.6 Å². The SMILES string of the molecule is Nc1c(-c2ccccc2)ccnc1N1CCCC1. The van der Waals surface area contributed by atoms with E-state index in [1.54, 1.807) is 0 Å². The molecule has 2 N–H and O–H groups in total. The highest BCUT2D eigenvalue weighted by Crippen LogP contribution is 2.33. The Morgan fingerprint density at radius 3 is 2.44 bits per heavy atom. The van der Waals surface area contributed by atoms with Crippen LogP contribution in [0.1, 0.15) is 12.8 Å². The fraction of sp³-hybridized carbons (Fsp3) is 0.267. The van der Waals surface area contributed by atoms with Crippen molar-refractivity contribution in [3.8, 4) is 11.1 Å². The molecule has 1 fully saturated rings. The molecule has 0 amide bonds. The van der Waals surface area contributed by atoms with Crippen LogP contribution in [0, 0.1) is 0 Å². The van der Waals surface area contributed by atoms with Gasteiger partial charge in [-0.2, -0.15) is 0 Å². The van der Waals surface area contributed by atoms with Crippen LogP contribution in [0.5, 0.6) is 0 Å². The van der Waals surface area contributed by atoms with Gasteiger partial charge in [0, 0.05) is 24.8 Å². The third-order valence-corrected chi connectivity index (χ3v) is 3.46. The van der Waals surface area contributed by atoms with Crippen molar-refractivity contribution in [2.45, 2.75) is 12.8 Å². The summed E-state index contributed by atoms with van der Waals surface area (Å²) in [6.07, 6.45) is 4.32. The molecule has 3 nitrogen and oxygen atoms in total. The van der Waals surface area contributed by atoms with Crippen LogP contribution in [0.4, 0.5) is 11.5 Å². The second-order valence-electron chi connectivity index (χ2n) is 4.66. The van der Waals surface area contributed by atoms with Gasteiger partial charge in [-0.15, -0.1) is 0 Å². The first-order chi connectivity index (χ1) is 8.86. The second-order valence-corrected chi connectivity index (χ2v) is 4.66. The molecule has 92 valence electrons. The fourth-order valence-electron chi connectivity index (χ4n) is 2.51. The number of hydrogen-bond donors (Lipinski definition) is 1. The Balaban J connectivity index is 2.04. The van der Waals surface area contributed by atoms with E-state index in [4.69, 9.17) is 5.73 Å². The quantitative estimate of drug-likeness (QED) is 0.876. The molecule has 0 bridgehead atoms. The number of nitrogen functional groups attached to an aromatic ring is 1. The van der Waals surface area contributed by atoms with E-state index < -0.39 is 0 Å². The molecule has 18 heavy (non-hydrogen) atoms. The molecular formula is C15H17N3. The standard InChI is InChI=1S/C15H17N3/c16-14-13(12-6-2-1-3-7-12)8-9-17-15(14)18-10-4-5-11-18/h1-3,6-9H,4-5,10-11,16H2. The predicted molar refractivity (Wildman–Crippen MR) is 75.5 cm³/mol. The summed E-state index contributed by atoms with van der Waals surface area (Å²) in [4.78, 5) is 6.73. The highest BCUT2D eigenvalue weighted by atomic mass is 15.2. The van der Waals surface area contributed by atoms with Crippen molar-refractivity contribution in [3.05, 3.63) is 42.6 Å². The summed E-state index contributed by atoms with van der Waals surface area (Å²) in [5.74, 6) is 0.939. The summed E-state index contributed by atoms with van der Waals surface area (Å²) in [7, 11) is 0. The molecule has 0 radical (unpaired) electrons. The number of rotatable bonds is 2. The first-order valence-electron chi connectivity index (χ1n) is 6.41. The second kappa shape index (κ2) is 4.69. The maximum absolute atomic E-state index is 6.29. The summed E-state index contributed by atoms with van der Waals surface area (Å²) in [6, 6.07) is 12.2. The summed E-state index contributed by atoms with van der Waals surface area (Å²) in [5.41, 5.74) is 9.32. The average molecular weight is 239 g/mol. The normalized spacial score (nSPS) is 15.0. The summed E-state index contributed by atoms with van der Waals surface area (Å²) < 4.78 is 0. The lowest BCUT2D eigenvalue weighted by Crippen LogP contribution is -2.20. The molecule has 3 rings (SSSR count). The van der Waals surface area contributed by atoms with E-state index in [0.29, 0.717) is 0 Å².